The van der Waals surface area contributed by atoms with Gasteiger partial charge in [0.2, 0.25) is 0 Å². The van der Waals surface area contributed by atoms with E-state index in [-0.39, 0.29) is 10.9 Å². The van der Waals surface area contributed by atoms with E-state index in [0.29, 0.717) is 5.65 Å². The summed E-state index contributed by atoms with van der Waals surface area (Å²) in [7, 11) is -3.31. The molecular formula is C14H21N5O2S. The molecule has 0 saturated carbocycles. The van der Waals surface area contributed by atoms with Crippen molar-refractivity contribution in [3.05, 3.63) is 24.2 Å². The Balaban J connectivity index is 1.83. The van der Waals surface area contributed by atoms with Crippen molar-refractivity contribution in [3.63, 3.8) is 0 Å². The molecule has 7 nitrogen and oxygen atoms in total. The maximum atomic E-state index is 11.7. The second-order valence-electron chi connectivity index (χ2n) is 6.00. The molecule has 1 fully saturated rings. The standard InChI is InChI=1S/C14H21N5O2S/c1-22(20,21)13-7-17-19-9-11(6-16-14(13)19)8-18-5-3-2-4-12(15)10-18/h6-7,9,12H,2-5,8,10,15H2,1H3. The van der Waals surface area contributed by atoms with Crippen LogP contribution in [0, 0.1) is 0 Å². The fraction of sp³-hybridized carbons (Fsp3) is 0.571. The monoisotopic (exact) mass is 323 g/mol. The number of fused-ring (bicyclic) bond motifs is 1. The van der Waals surface area contributed by atoms with E-state index < -0.39 is 9.84 Å². The van der Waals surface area contributed by atoms with Gasteiger partial charge in [-0.25, -0.2) is 17.9 Å². The average Bonchev–Trinajstić information content (AvgIpc) is 2.76. The lowest BCUT2D eigenvalue weighted by Gasteiger charge is -2.22. The highest BCUT2D eigenvalue weighted by molar-refractivity contribution is 7.90. The van der Waals surface area contributed by atoms with Crippen LogP contribution >= 0.6 is 0 Å². The SMILES string of the molecule is CS(=O)(=O)c1cnn2cc(CN3CCCCC(N)C3)cnc12. The van der Waals surface area contributed by atoms with Crippen molar-refractivity contribution < 1.29 is 8.42 Å². The second kappa shape index (κ2) is 5.94. The molecule has 120 valence electrons. The van der Waals surface area contributed by atoms with Gasteiger partial charge in [-0.1, -0.05) is 6.42 Å². The number of hydrogen-bond acceptors (Lipinski definition) is 6. The van der Waals surface area contributed by atoms with Gasteiger partial charge in [0.1, 0.15) is 4.90 Å². The van der Waals surface area contributed by atoms with E-state index in [1.165, 1.54) is 17.1 Å². The Morgan fingerprint density at radius 2 is 2.18 bits per heavy atom. The first-order valence-corrected chi connectivity index (χ1v) is 9.33. The van der Waals surface area contributed by atoms with E-state index in [2.05, 4.69) is 15.0 Å². The number of likely N-dealkylation sites (tertiary alicyclic amines) is 1. The molecule has 0 bridgehead atoms. The molecule has 2 N–H and O–H groups in total. The first-order chi connectivity index (χ1) is 10.4. The highest BCUT2D eigenvalue weighted by atomic mass is 32.2. The number of sulfone groups is 1. The predicted molar refractivity (Wildman–Crippen MR) is 83.2 cm³/mol. The fourth-order valence-corrected chi connectivity index (χ4v) is 3.61. The summed E-state index contributed by atoms with van der Waals surface area (Å²) in [5.74, 6) is 0. The number of nitrogens with two attached hydrogens (primary N) is 1. The Labute approximate surface area is 130 Å². The summed E-state index contributed by atoms with van der Waals surface area (Å²) in [4.78, 5) is 6.76. The molecule has 0 spiro atoms. The summed E-state index contributed by atoms with van der Waals surface area (Å²) in [5.41, 5.74) is 7.46. The van der Waals surface area contributed by atoms with E-state index in [0.717, 1.165) is 44.3 Å². The third-order valence-corrected chi connectivity index (χ3v) is 5.06. The Hall–Kier alpha value is -1.51. The number of aromatic nitrogens is 3. The van der Waals surface area contributed by atoms with Crippen molar-refractivity contribution in [2.45, 2.75) is 36.7 Å². The van der Waals surface area contributed by atoms with Gasteiger partial charge >= 0.3 is 0 Å². The molecule has 1 aliphatic rings. The zero-order valence-corrected chi connectivity index (χ0v) is 13.5. The Bertz CT molecular complexity index is 771. The third kappa shape index (κ3) is 3.29. The highest BCUT2D eigenvalue weighted by Crippen LogP contribution is 2.16. The lowest BCUT2D eigenvalue weighted by Crippen LogP contribution is -2.35. The summed E-state index contributed by atoms with van der Waals surface area (Å²) >= 11 is 0. The van der Waals surface area contributed by atoms with Gasteiger partial charge in [0.25, 0.3) is 0 Å². The fourth-order valence-electron chi connectivity index (χ4n) is 2.89. The molecule has 22 heavy (non-hydrogen) atoms. The molecule has 0 aromatic carbocycles. The van der Waals surface area contributed by atoms with Crippen LogP contribution in [0.25, 0.3) is 5.65 Å². The van der Waals surface area contributed by atoms with Crippen LogP contribution < -0.4 is 5.73 Å². The van der Waals surface area contributed by atoms with Crippen LogP contribution in [0.2, 0.25) is 0 Å². The van der Waals surface area contributed by atoms with E-state index in [4.69, 9.17) is 5.73 Å². The van der Waals surface area contributed by atoms with Crippen molar-refractivity contribution in [3.8, 4) is 0 Å². The largest absolute Gasteiger partial charge is 0.327 e. The van der Waals surface area contributed by atoms with Crippen molar-refractivity contribution in [2.75, 3.05) is 19.3 Å². The molecule has 1 atom stereocenters. The van der Waals surface area contributed by atoms with E-state index in [9.17, 15) is 8.42 Å². The van der Waals surface area contributed by atoms with Crippen LogP contribution in [-0.4, -0.2) is 53.3 Å². The Kier molecular flexibility index (Phi) is 4.16. The zero-order chi connectivity index (χ0) is 15.7. The molecular weight excluding hydrogens is 302 g/mol. The molecule has 3 heterocycles. The smallest absolute Gasteiger partial charge is 0.180 e. The molecule has 1 saturated heterocycles. The molecule has 8 heteroatoms. The van der Waals surface area contributed by atoms with Crippen LogP contribution in [0.5, 0.6) is 0 Å². The van der Waals surface area contributed by atoms with Gasteiger partial charge in [0.05, 0.1) is 6.20 Å². The molecule has 3 rings (SSSR count). The molecule has 0 amide bonds. The van der Waals surface area contributed by atoms with Crippen molar-refractivity contribution in [2.24, 2.45) is 5.73 Å². The summed E-state index contributed by atoms with van der Waals surface area (Å²) in [6.45, 7) is 2.66. The summed E-state index contributed by atoms with van der Waals surface area (Å²) in [6.07, 6.45) is 9.48. The topological polar surface area (TPSA) is 93.6 Å². The molecule has 1 unspecified atom stereocenters. The van der Waals surface area contributed by atoms with Gasteiger partial charge in [0, 0.05) is 43.3 Å². The first-order valence-electron chi connectivity index (χ1n) is 7.44. The van der Waals surface area contributed by atoms with Crippen LogP contribution in [0.1, 0.15) is 24.8 Å². The van der Waals surface area contributed by atoms with E-state index >= 15 is 0 Å². The number of nitrogens with zero attached hydrogens (tertiary/aromatic N) is 4. The normalized spacial score (nSPS) is 21.1. The minimum Gasteiger partial charge on any atom is -0.327 e. The third-order valence-electron chi connectivity index (χ3n) is 3.98. The number of hydrogen-bond donors (Lipinski definition) is 1. The van der Waals surface area contributed by atoms with Crippen molar-refractivity contribution in [1.82, 2.24) is 19.5 Å². The van der Waals surface area contributed by atoms with Crippen LogP contribution in [0.4, 0.5) is 0 Å². The first kappa shape index (κ1) is 15.4. The molecule has 1 aliphatic heterocycles. The second-order valence-corrected chi connectivity index (χ2v) is 7.99. The van der Waals surface area contributed by atoms with Crippen LogP contribution in [0.3, 0.4) is 0 Å². The quantitative estimate of drug-likeness (QED) is 0.881. The Morgan fingerprint density at radius 1 is 1.36 bits per heavy atom. The summed E-state index contributed by atoms with van der Waals surface area (Å²) < 4.78 is 24.9. The maximum Gasteiger partial charge on any atom is 0.180 e. The lowest BCUT2D eigenvalue weighted by atomic mass is 10.2. The van der Waals surface area contributed by atoms with Gasteiger partial charge in [-0.15, -0.1) is 0 Å². The number of rotatable bonds is 3. The van der Waals surface area contributed by atoms with Crippen molar-refractivity contribution in [1.29, 1.82) is 0 Å². The van der Waals surface area contributed by atoms with Gasteiger partial charge in [-0.2, -0.15) is 5.10 Å². The molecule has 2 aromatic rings. The Morgan fingerprint density at radius 3 is 2.95 bits per heavy atom. The van der Waals surface area contributed by atoms with Gasteiger partial charge < -0.3 is 5.73 Å². The van der Waals surface area contributed by atoms with Crippen LogP contribution in [0.15, 0.2) is 23.5 Å². The summed E-state index contributed by atoms with van der Waals surface area (Å²) in [6, 6.07) is 0.223. The van der Waals surface area contributed by atoms with Crippen molar-refractivity contribution >= 4 is 15.5 Å². The highest BCUT2D eigenvalue weighted by Gasteiger charge is 2.18. The maximum absolute atomic E-state index is 11.7. The lowest BCUT2D eigenvalue weighted by molar-refractivity contribution is 0.264. The van der Waals surface area contributed by atoms with Gasteiger partial charge in [-0.05, 0) is 19.4 Å². The molecule has 2 aromatic heterocycles. The average molecular weight is 323 g/mol. The zero-order valence-electron chi connectivity index (χ0n) is 12.6. The minimum atomic E-state index is -3.31. The predicted octanol–water partition coefficient (Wildman–Crippen LogP) is 0.446. The van der Waals surface area contributed by atoms with Crippen LogP contribution in [-0.2, 0) is 16.4 Å². The molecule has 0 radical (unpaired) electrons. The van der Waals surface area contributed by atoms with Gasteiger partial charge in [-0.3, -0.25) is 4.90 Å². The summed E-state index contributed by atoms with van der Waals surface area (Å²) in [5, 5.41) is 4.10. The minimum absolute atomic E-state index is 0.163. The van der Waals surface area contributed by atoms with E-state index in [1.54, 1.807) is 6.20 Å². The van der Waals surface area contributed by atoms with E-state index in [1.807, 2.05) is 6.20 Å². The molecule has 0 aliphatic carbocycles. The van der Waals surface area contributed by atoms with Gasteiger partial charge in [0.15, 0.2) is 15.5 Å².